The van der Waals surface area contributed by atoms with Gasteiger partial charge in [-0.25, -0.2) is 0 Å². The zero-order valence-electron chi connectivity index (χ0n) is 11.7. The van der Waals surface area contributed by atoms with Crippen molar-refractivity contribution in [1.29, 1.82) is 0 Å². The first-order chi connectivity index (χ1) is 10.3. The van der Waals surface area contributed by atoms with Crippen LogP contribution in [0.5, 0.6) is 0 Å². The summed E-state index contributed by atoms with van der Waals surface area (Å²) >= 11 is 5.40. The third kappa shape index (κ3) is 3.34. The van der Waals surface area contributed by atoms with Crippen LogP contribution in [0.3, 0.4) is 0 Å². The fourth-order valence-electron chi connectivity index (χ4n) is 2.22. The fourth-order valence-corrected chi connectivity index (χ4v) is 3.90. The van der Waals surface area contributed by atoms with Crippen LogP contribution in [0, 0.1) is 0 Å². The molecule has 0 aliphatic carbocycles. The molecule has 1 unspecified atom stereocenters. The Hall–Kier alpha value is -1.23. The highest BCUT2D eigenvalue weighted by Crippen LogP contribution is 2.32. The van der Waals surface area contributed by atoms with Crippen LogP contribution in [0.25, 0.3) is 11.0 Å². The van der Waals surface area contributed by atoms with E-state index >= 15 is 0 Å². The number of fused-ring (bicyclic) bond motifs is 1. The largest absolute Gasteiger partial charge is 0.459 e. The van der Waals surface area contributed by atoms with Crippen molar-refractivity contribution in [2.24, 2.45) is 0 Å². The summed E-state index contributed by atoms with van der Waals surface area (Å²) < 4.78 is 7.09. The Morgan fingerprint density at radius 1 is 1.14 bits per heavy atom. The molecular formula is C17H16BrNOS. The van der Waals surface area contributed by atoms with Gasteiger partial charge in [-0.05, 0) is 47.2 Å². The lowest BCUT2D eigenvalue weighted by Crippen LogP contribution is -2.18. The minimum Gasteiger partial charge on any atom is -0.459 e. The summed E-state index contributed by atoms with van der Waals surface area (Å²) in [5, 5.41) is 4.49. The number of hydrogen-bond acceptors (Lipinski definition) is 3. The van der Waals surface area contributed by atoms with Crippen LogP contribution in [-0.4, -0.2) is 12.8 Å². The quantitative estimate of drug-likeness (QED) is 0.628. The zero-order valence-corrected chi connectivity index (χ0v) is 14.1. The molecule has 0 aliphatic rings. The van der Waals surface area contributed by atoms with Gasteiger partial charge in [0.15, 0.2) is 0 Å². The highest BCUT2D eigenvalue weighted by atomic mass is 79.9. The minimum atomic E-state index is 0.189. The fraction of sp³-hybridized carbons (Fsp3) is 0.176. The second-order valence-corrected chi connectivity index (χ2v) is 6.69. The molecule has 0 radical (unpaired) electrons. The van der Waals surface area contributed by atoms with Crippen molar-refractivity contribution in [2.45, 2.75) is 10.9 Å². The van der Waals surface area contributed by atoms with E-state index in [9.17, 15) is 0 Å². The van der Waals surface area contributed by atoms with Crippen molar-refractivity contribution in [3.63, 3.8) is 0 Å². The van der Waals surface area contributed by atoms with Crippen molar-refractivity contribution in [3.05, 3.63) is 64.8 Å². The third-order valence-electron chi connectivity index (χ3n) is 3.38. The molecule has 0 spiro atoms. The molecule has 0 saturated carbocycles. The van der Waals surface area contributed by atoms with E-state index in [0.717, 1.165) is 27.0 Å². The van der Waals surface area contributed by atoms with Gasteiger partial charge in [0.1, 0.15) is 11.3 Å². The minimum absolute atomic E-state index is 0.189. The van der Waals surface area contributed by atoms with Gasteiger partial charge in [-0.3, -0.25) is 0 Å². The predicted octanol–water partition coefficient (Wildman–Crippen LogP) is 5.25. The summed E-state index contributed by atoms with van der Waals surface area (Å²) in [5.41, 5.74) is 0.943. The van der Waals surface area contributed by atoms with Gasteiger partial charge in [-0.15, -0.1) is 11.8 Å². The molecule has 0 fully saturated rings. The number of rotatable bonds is 5. The van der Waals surface area contributed by atoms with E-state index in [0.29, 0.717) is 0 Å². The van der Waals surface area contributed by atoms with Crippen LogP contribution in [0.4, 0.5) is 0 Å². The summed E-state index contributed by atoms with van der Waals surface area (Å²) in [6.07, 6.45) is 0. The Balaban J connectivity index is 1.77. The molecule has 1 heterocycles. The average molecular weight is 362 g/mol. The summed E-state index contributed by atoms with van der Waals surface area (Å²) in [4.78, 5) is 1.24. The van der Waals surface area contributed by atoms with Crippen molar-refractivity contribution >= 4 is 38.7 Å². The van der Waals surface area contributed by atoms with Crippen LogP contribution >= 0.6 is 27.7 Å². The standard InChI is InChI=1S/C17H16BrNOS/c1-19-14(11-21-17-9-5-3-7-13(17)18)16-10-12-6-2-4-8-15(12)20-16/h2-10,14,19H,11H2,1H3. The average Bonchev–Trinajstić information content (AvgIpc) is 2.93. The molecule has 3 aromatic rings. The summed E-state index contributed by atoms with van der Waals surface area (Å²) in [7, 11) is 1.97. The molecule has 0 saturated heterocycles. The lowest BCUT2D eigenvalue weighted by molar-refractivity contribution is 0.479. The van der Waals surface area contributed by atoms with E-state index in [2.05, 4.69) is 51.6 Å². The number of furan rings is 1. The van der Waals surface area contributed by atoms with Gasteiger partial charge in [-0.1, -0.05) is 30.3 Å². The number of halogens is 1. The Bertz CT molecular complexity index is 707. The maximum Gasteiger partial charge on any atom is 0.134 e. The van der Waals surface area contributed by atoms with Crippen molar-refractivity contribution in [2.75, 3.05) is 12.8 Å². The van der Waals surface area contributed by atoms with E-state index in [1.165, 1.54) is 4.90 Å². The molecule has 0 aliphatic heterocycles. The van der Waals surface area contributed by atoms with Gasteiger partial charge in [0.2, 0.25) is 0 Å². The maximum absolute atomic E-state index is 5.95. The van der Waals surface area contributed by atoms with Crippen molar-refractivity contribution < 1.29 is 4.42 Å². The molecule has 2 aromatic carbocycles. The van der Waals surface area contributed by atoms with Gasteiger partial charge in [0, 0.05) is 20.5 Å². The number of benzene rings is 2. The molecule has 0 bridgehead atoms. The number of thioether (sulfide) groups is 1. The van der Waals surface area contributed by atoms with Gasteiger partial charge in [0.05, 0.1) is 6.04 Å². The first-order valence-corrected chi connectivity index (χ1v) is 8.59. The highest BCUT2D eigenvalue weighted by molar-refractivity contribution is 9.10. The predicted molar refractivity (Wildman–Crippen MR) is 92.9 cm³/mol. The van der Waals surface area contributed by atoms with E-state index < -0.39 is 0 Å². The monoisotopic (exact) mass is 361 g/mol. The Labute approximate surface area is 137 Å². The van der Waals surface area contributed by atoms with Gasteiger partial charge < -0.3 is 9.73 Å². The summed E-state index contributed by atoms with van der Waals surface area (Å²) in [6, 6.07) is 18.7. The van der Waals surface area contributed by atoms with Crippen LogP contribution in [0.15, 0.2) is 68.4 Å². The molecule has 4 heteroatoms. The lowest BCUT2D eigenvalue weighted by Gasteiger charge is -2.13. The Morgan fingerprint density at radius 3 is 2.67 bits per heavy atom. The molecule has 1 atom stereocenters. The second-order valence-electron chi connectivity index (χ2n) is 4.77. The molecule has 21 heavy (non-hydrogen) atoms. The van der Waals surface area contributed by atoms with E-state index in [1.807, 2.05) is 43.1 Å². The van der Waals surface area contributed by atoms with Crippen LogP contribution in [0.2, 0.25) is 0 Å². The van der Waals surface area contributed by atoms with Crippen LogP contribution < -0.4 is 5.32 Å². The molecule has 3 rings (SSSR count). The second kappa shape index (κ2) is 6.69. The van der Waals surface area contributed by atoms with Gasteiger partial charge in [0.25, 0.3) is 0 Å². The molecule has 1 aromatic heterocycles. The van der Waals surface area contributed by atoms with Crippen LogP contribution in [0.1, 0.15) is 11.8 Å². The van der Waals surface area contributed by atoms with Crippen molar-refractivity contribution in [1.82, 2.24) is 5.32 Å². The molecule has 2 nitrogen and oxygen atoms in total. The summed E-state index contributed by atoms with van der Waals surface area (Å²) in [5.74, 6) is 1.90. The lowest BCUT2D eigenvalue weighted by atomic mass is 10.2. The van der Waals surface area contributed by atoms with Gasteiger partial charge >= 0.3 is 0 Å². The number of nitrogens with one attached hydrogen (secondary N) is 1. The Morgan fingerprint density at radius 2 is 1.90 bits per heavy atom. The number of hydrogen-bond donors (Lipinski definition) is 1. The molecule has 1 N–H and O–H groups in total. The SMILES string of the molecule is CNC(CSc1ccccc1Br)c1cc2ccccc2o1. The zero-order chi connectivity index (χ0) is 14.7. The highest BCUT2D eigenvalue weighted by Gasteiger charge is 2.15. The van der Waals surface area contributed by atoms with Crippen LogP contribution in [-0.2, 0) is 0 Å². The topological polar surface area (TPSA) is 25.2 Å². The first kappa shape index (κ1) is 14.7. The molecule has 0 amide bonds. The van der Waals surface area contributed by atoms with E-state index in [1.54, 1.807) is 0 Å². The molecule has 108 valence electrons. The smallest absolute Gasteiger partial charge is 0.134 e. The normalized spacial score (nSPS) is 12.7. The number of para-hydroxylation sites is 1. The third-order valence-corrected chi connectivity index (χ3v) is 5.50. The molecular weight excluding hydrogens is 346 g/mol. The maximum atomic E-state index is 5.95. The van der Waals surface area contributed by atoms with E-state index in [-0.39, 0.29) is 6.04 Å². The first-order valence-electron chi connectivity index (χ1n) is 6.81. The Kier molecular flexibility index (Phi) is 4.68. The van der Waals surface area contributed by atoms with Crippen molar-refractivity contribution in [3.8, 4) is 0 Å². The van der Waals surface area contributed by atoms with E-state index in [4.69, 9.17) is 4.42 Å². The summed E-state index contributed by atoms with van der Waals surface area (Å²) in [6.45, 7) is 0. The van der Waals surface area contributed by atoms with Gasteiger partial charge in [-0.2, -0.15) is 0 Å².